The van der Waals surface area contributed by atoms with E-state index in [4.69, 9.17) is 17.3 Å². The molecule has 0 aromatic carbocycles. The van der Waals surface area contributed by atoms with Gasteiger partial charge in [0.15, 0.2) is 0 Å². The highest BCUT2D eigenvalue weighted by atomic mass is 35.5. The molecule has 1 rings (SSSR count). The van der Waals surface area contributed by atoms with Crippen LogP contribution >= 0.6 is 11.6 Å². The lowest BCUT2D eigenvalue weighted by Crippen LogP contribution is -2.23. The molecule has 0 bridgehead atoms. The van der Waals surface area contributed by atoms with Gasteiger partial charge in [-0.3, -0.25) is 4.98 Å². The highest BCUT2D eigenvalue weighted by Gasteiger charge is 2.32. The Hall–Kier alpha value is -0.810. The molecular weight excluding hydrogens is 241 g/mol. The summed E-state index contributed by atoms with van der Waals surface area (Å²) < 4.78 is 37.0. The Balaban J connectivity index is 3.10. The molecule has 0 unspecified atom stereocenters. The minimum absolute atomic E-state index is 0.000347. The average Bonchev–Trinajstić information content (AvgIpc) is 2.15. The van der Waals surface area contributed by atoms with Crippen LogP contribution in [0.5, 0.6) is 0 Å². The van der Waals surface area contributed by atoms with Gasteiger partial charge in [0.1, 0.15) is 0 Å². The van der Waals surface area contributed by atoms with Gasteiger partial charge in [-0.1, -0.05) is 18.5 Å². The van der Waals surface area contributed by atoms with E-state index in [-0.39, 0.29) is 17.0 Å². The van der Waals surface area contributed by atoms with E-state index < -0.39 is 11.7 Å². The molecule has 0 saturated heterocycles. The first-order valence-corrected chi connectivity index (χ1v) is 5.09. The third-order valence-electron chi connectivity index (χ3n) is 2.42. The van der Waals surface area contributed by atoms with E-state index in [9.17, 15) is 13.2 Å². The van der Waals surface area contributed by atoms with Gasteiger partial charge in [-0.15, -0.1) is 0 Å². The lowest BCUT2D eigenvalue weighted by atomic mass is 9.99. The molecule has 2 nitrogen and oxygen atoms in total. The van der Waals surface area contributed by atoms with Crippen molar-refractivity contribution in [3.8, 4) is 0 Å². The largest absolute Gasteiger partial charge is 0.417 e. The Morgan fingerprint density at radius 1 is 1.38 bits per heavy atom. The fourth-order valence-corrected chi connectivity index (χ4v) is 1.53. The maximum atomic E-state index is 12.3. The molecule has 6 heteroatoms. The van der Waals surface area contributed by atoms with Crippen molar-refractivity contribution in [1.82, 2.24) is 4.98 Å². The first kappa shape index (κ1) is 13.3. The second-order valence-electron chi connectivity index (χ2n) is 3.74. The third kappa shape index (κ3) is 2.86. The van der Waals surface area contributed by atoms with Crippen molar-refractivity contribution in [2.24, 2.45) is 5.73 Å². The standard InChI is InChI=1S/C10H12ClF3N2/c1-5(6(2)15)9-8(11)3-7(4-16-9)10(12,13)14/h3-6H,15H2,1-2H3/t5-,6+/m1/s1. The highest BCUT2D eigenvalue weighted by Crippen LogP contribution is 2.33. The normalized spacial score (nSPS) is 15.9. The van der Waals surface area contributed by atoms with E-state index in [1.165, 1.54) is 0 Å². The van der Waals surface area contributed by atoms with Gasteiger partial charge in [0.2, 0.25) is 0 Å². The maximum Gasteiger partial charge on any atom is 0.417 e. The van der Waals surface area contributed by atoms with Gasteiger partial charge in [0.25, 0.3) is 0 Å². The van der Waals surface area contributed by atoms with Gasteiger partial charge in [-0.25, -0.2) is 0 Å². The zero-order chi connectivity index (χ0) is 12.5. The number of alkyl halides is 3. The zero-order valence-corrected chi connectivity index (χ0v) is 9.60. The Labute approximate surface area is 96.6 Å². The summed E-state index contributed by atoms with van der Waals surface area (Å²) in [4.78, 5) is 3.73. The Morgan fingerprint density at radius 2 is 1.94 bits per heavy atom. The minimum Gasteiger partial charge on any atom is -0.327 e. The molecule has 16 heavy (non-hydrogen) atoms. The van der Waals surface area contributed by atoms with E-state index in [0.29, 0.717) is 5.69 Å². The van der Waals surface area contributed by atoms with Gasteiger partial charge in [-0.2, -0.15) is 13.2 Å². The summed E-state index contributed by atoms with van der Waals surface area (Å²) >= 11 is 5.76. The molecular formula is C10H12ClF3N2. The monoisotopic (exact) mass is 252 g/mol. The van der Waals surface area contributed by atoms with Crippen LogP contribution in [0.25, 0.3) is 0 Å². The third-order valence-corrected chi connectivity index (χ3v) is 2.72. The summed E-state index contributed by atoms with van der Waals surface area (Å²) in [5, 5.41) is -0.000347. The van der Waals surface area contributed by atoms with Gasteiger partial charge in [-0.05, 0) is 13.0 Å². The van der Waals surface area contributed by atoms with E-state index in [1.807, 2.05) is 0 Å². The second kappa shape index (κ2) is 4.59. The quantitative estimate of drug-likeness (QED) is 0.878. The first-order valence-electron chi connectivity index (χ1n) is 4.71. The number of hydrogen-bond acceptors (Lipinski definition) is 2. The molecule has 0 aliphatic carbocycles. The number of pyridine rings is 1. The van der Waals surface area contributed by atoms with Crippen LogP contribution in [0.4, 0.5) is 13.2 Å². The first-order chi connectivity index (χ1) is 7.23. The Kier molecular flexibility index (Phi) is 3.80. The van der Waals surface area contributed by atoms with Crippen LogP contribution in [-0.2, 0) is 6.18 Å². The lowest BCUT2D eigenvalue weighted by Gasteiger charge is -2.17. The summed E-state index contributed by atoms with van der Waals surface area (Å²) in [6.07, 6.45) is -3.65. The van der Waals surface area contributed by atoms with Gasteiger partial charge >= 0.3 is 6.18 Å². The van der Waals surface area contributed by atoms with Crippen molar-refractivity contribution in [3.63, 3.8) is 0 Å². The smallest absolute Gasteiger partial charge is 0.327 e. The molecule has 0 spiro atoms. The van der Waals surface area contributed by atoms with Crippen molar-refractivity contribution < 1.29 is 13.2 Å². The number of halogens is 4. The summed E-state index contributed by atoms with van der Waals surface area (Å²) in [5.74, 6) is -0.185. The van der Waals surface area contributed by atoms with Crippen LogP contribution in [0.3, 0.4) is 0 Å². The van der Waals surface area contributed by atoms with Crippen LogP contribution < -0.4 is 5.73 Å². The highest BCUT2D eigenvalue weighted by molar-refractivity contribution is 6.31. The van der Waals surface area contributed by atoms with Crippen LogP contribution in [0.2, 0.25) is 5.02 Å². The molecule has 0 aliphatic heterocycles. The molecule has 1 aromatic rings. The molecule has 1 heterocycles. The van der Waals surface area contributed by atoms with Crippen molar-refractivity contribution in [2.45, 2.75) is 32.0 Å². The summed E-state index contributed by atoms with van der Waals surface area (Å²) in [6, 6.07) is 0.657. The van der Waals surface area contributed by atoms with E-state index in [0.717, 1.165) is 12.3 Å². The van der Waals surface area contributed by atoms with E-state index in [1.54, 1.807) is 13.8 Å². The molecule has 0 aliphatic rings. The number of nitrogens with two attached hydrogens (primary N) is 1. The molecule has 0 fully saturated rings. The second-order valence-corrected chi connectivity index (χ2v) is 4.14. The zero-order valence-electron chi connectivity index (χ0n) is 8.85. The van der Waals surface area contributed by atoms with E-state index in [2.05, 4.69) is 4.98 Å². The van der Waals surface area contributed by atoms with Crippen molar-refractivity contribution in [3.05, 3.63) is 28.5 Å². The van der Waals surface area contributed by atoms with Crippen molar-refractivity contribution in [1.29, 1.82) is 0 Å². The number of rotatable bonds is 2. The number of aromatic nitrogens is 1. The predicted octanol–water partition coefficient (Wildman–Crippen LogP) is 3.20. The minimum atomic E-state index is -4.42. The molecule has 0 saturated carbocycles. The Morgan fingerprint density at radius 3 is 2.31 bits per heavy atom. The molecule has 0 amide bonds. The number of hydrogen-bond donors (Lipinski definition) is 1. The van der Waals surface area contributed by atoms with Crippen LogP contribution in [-0.4, -0.2) is 11.0 Å². The Bertz CT molecular complexity index is 377. The van der Waals surface area contributed by atoms with Crippen molar-refractivity contribution in [2.75, 3.05) is 0 Å². The number of nitrogens with zero attached hydrogens (tertiary/aromatic N) is 1. The predicted molar refractivity (Wildman–Crippen MR) is 56.3 cm³/mol. The van der Waals surface area contributed by atoms with Crippen LogP contribution in [0.15, 0.2) is 12.3 Å². The molecule has 0 radical (unpaired) electrons. The van der Waals surface area contributed by atoms with Gasteiger partial charge in [0.05, 0.1) is 16.3 Å². The van der Waals surface area contributed by atoms with E-state index >= 15 is 0 Å². The van der Waals surface area contributed by atoms with Crippen LogP contribution in [0.1, 0.15) is 31.0 Å². The average molecular weight is 253 g/mol. The fraction of sp³-hybridized carbons (Fsp3) is 0.500. The van der Waals surface area contributed by atoms with Crippen LogP contribution in [0, 0.1) is 0 Å². The molecule has 90 valence electrons. The lowest BCUT2D eigenvalue weighted by molar-refractivity contribution is -0.137. The fourth-order valence-electron chi connectivity index (χ4n) is 1.19. The topological polar surface area (TPSA) is 38.9 Å². The van der Waals surface area contributed by atoms with Gasteiger partial charge in [0, 0.05) is 18.2 Å². The summed E-state index contributed by atoms with van der Waals surface area (Å²) in [6.45, 7) is 3.52. The molecule has 2 atom stereocenters. The SMILES string of the molecule is C[C@H](N)[C@@H](C)c1ncc(C(F)(F)F)cc1Cl. The summed E-state index contributed by atoms with van der Waals surface area (Å²) in [5.41, 5.74) is 5.18. The maximum absolute atomic E-state index is 12.3. The molecule has 1 aromatic heterocycles. The van der Waals surface area contributed by atoms with Crippen molar-refractivity contribution >= 4 is 11.6 Å². The summed E-state index contributed by atoms with van der Waals surface area (Å²) in [7, 11) is 0. The molecule has 2 N–H and O–H groups in total. The van der Waals surface area contributed by atoms with Gasteiger partial charge < -0.3 is 5.73 Å².